The predicted molar refractivity (Wildman–Crippen MR) is 101 cm³/mol. The number of ketones is 1. The van der Waals surface area contributed by atoms with Crippen LogP contribution in [0.4, 0.5) is 4.79 Å². The molecular weight excluding hydrogens is 346 g/mol. The zero-order chi connectivity index (χ0) is 19.6. The van der Waals surface area contributed by atoms with Gasteiger partial charge in [-0.2, -0.15) is 0 Å². The molecule has 2 aliphatic heterocycles. The van der Waals surface area contributed by atoms with E-state index in [9.17, 15) is 9.59 Å². The van der Waals surface area contributed by atoms with Gasteiger partial charge in [0.15, 0.2) is 5.78 Å². The van der Waals surface area contributed by atoms with Crippen molar-refractivity contribution in [1.82, 2.24) is 4.90 Å². The maximum absolute atomic E-state index is 13.2. The third-order valence-electron chi connectivity index (χ3n) is 4.95. The molecule has 27 heavy (non-hydrogen) atoms. The highest BCUT2D eigenvalue weighted by Crippen LogP contribution is 2.36. The summed E-state index contributed by atoms with van der Waals surface area (Å²) >= 11 is 0. The van der Waals surface area contributed by atoms with Crippen LogP contribution in [0.1, 0.15) is 50.9 Å². The van der Waals surface area contributed by atoms with E-state index in [2.05, 4.69) is 0 Å². The molecule has 0 saturated carbocycles. The fourth-order valence-electron chi connectivity index (χ4n) is 3.91. The van der Waals surface area contributed by atoms with Crippen LogP contribution in [0.25, 0.3) is 0 Å². The molecule has 2 aliphatic rings. The third-order valence-corrected chi connectivity index (χ3v) is 4.95. The molecule has 1 amide bonds. The second-order valence-corrected chi connectivity index (χ2v) is 8.19. The van der Waals surface area contributed by atoms with Crippen LogP contribution in [-0.2, 0) is 9.47 Å². The summed E-state index contributed by atoms with van der Waals surface area (Å²) < 4.78 is 16.9. The molecule has 1 aromatic rings. The summed E-state index contributed by atoms with van der Waals surface area (Å²) in [7, 11) is 0. The number of piperidine rings is 1. The Kier molecular flexibility index (Phi) is 5.75. The van der Waals surface area contributed by atoms with Gasteiger partial charge in [-0.15, -0.1) is 0 Å². The molecule has 0 N–H and O–H groups in total. The molecular formula is C21H29NO5. The van der Waals surface area contributed by atoms with Gasteiger partial charge < -0.3 is 14.2 Å². The Morgan fingerprint density at radius 1 is 1.15 bits per heavy atom. The number of rotatable bonds is 4. The van der Waals surface area contributed by atoms with Crippen molar-refractivity contribution in [3.8, 4) is 5.75 Å². The number of morpholine rings is 1. The van der Waals surface area contributed by atoms with Gasteiger partial charge in [-0.3, -0.25) is 9.69 Å². The maximum Gasteiger partial charge on any atom is 0.410 e. The fourth-order valence-corrected chi connectivity index (χ4v) is 3.91. The number of Topliss-reactive ketones (excluding diaryl/α,β-unsaturated/α-hetero) is 1. The summed E-state index contributed by atoms with van der Waals surface area (Å²) in [6.07, 6.45) is 0.839. The van der Waals surface area contributed by atoms with E-state index >= 15 is 0 Å². The van der Waals surface area contributed by atoms with E-state index in [0.29, 0.717) is 44.0 Å². The van der Waals surface area contributed by atoms with Gasteiger partial charge in [-0.05, 0) is 52.7 Å². The predicted octanol–water partition coefficient (Wildman–Crippen LogP) is 3.68. The molecule has 2 fully saturated rings. The summed E-state index contributed by atoms with van der Waals surface area (Å²) in [5, 5.41) is 0. The molecule has 0 spiro atoms. The number of benzene rings is 1. The van der Waals surface area contributed by atoms with Gasteiger partial charge in [0, 0.05) is 5.92 Å². The molecule has 6 heteroatoms. The van der Waals surface area contributed by atoms with Crippen LogP contribution in [0, 0.1) is 5.92 Å². The first kappa shape index (κ1) is 19.7. The highest BCUT2D eigenvalue weighted by Gasteiger charge is 2.45. The number of amides is 1. The molecule has 0 aromatic heterocycles. The van der Waals surface area contributed by atoms with E-state index in [-0.39, 0.29) is 29.9 Å². The second kappa shape index (κ2) is 7.89. The minimum Gasteiger partial charge on any atom is -0.493 e. The van der Waals surface area contributed by atoms with Crippen molar-refractivity contribution in [2.45, 2.75) is 58.2 Å². The van der Waals surface area contributed by atoms with Crippen LogP contribution in [0.3, 0.4) is 0 Å². The summed E-state index contributed by atoms with van der Waals surface area (Å²) in [6, 6.07) is 7.10. The van der Waals surface area contributed by atoms with Crippen LogP contribution < -0.4 is 4.74 Å². The molecule has 2 heterocycles. The first-order valence-electron chi connectivity index (χ1n) is 9.65. The molecule has 148 valence electrons. The number of carbonyl (C=O) groups excluding carboxylic acids is 2. The summed E-state index contributed by atoms with van der Waals surface area (Å²) in [4.78, 5) is 27.6. The Morgan fingerprint density at radius 3 is 2.37 bits per heavy atom. The lowest BCUT2D eigenvalue weighted by Crippen LogP contribution is -2.60. The number of carbonyl (C=O) groups is 2. The van der Waals surface area contributed by atoms with E-state index in [1.165, 1.54) is 0 Å². The fraction of sp³-hybridized carbons (Fsp3) is 0.619. The Balaban J connectivity index is 1.77. The quantitative estimate of drug-likeness (QED) is 0.751. The number of nitrogens with zero attached hydrogens (tertiary/aromatic N) is 1. The topological polar surface area (TPSA) is 65.1 Å². The molecule has 3 rings (SSSR count). The lowest BCUT2D eigenvalue weighted by atomic mass is 9.80. The number of ether oxygens (including phenoxy) is 3. The van der Waals surface area contributed by atoms with Crippen LogP contribution in [-0.4, -0.2) is 54.3 Å². The van der Waals surface area contributed by atoms with Gasteiger partial charge in [0.25, 0.3) is 0 Å². The van der Waals surface area contributed by atoms with E-state index in [1.54, 1.807) is 4.90 Å². The minimum absolute atomic E-state index is 0.0831. The Hall–Kier alpha value is -2.08. The molecule has 0 radical (unpaired) electrons. The maximum atomic E-state index is 13.2. The largest absolute Gasteiger partial charge is 0.493 e. The minimum atomic E-state index is -0.546. The van der Waals surface area contributed by atoms with Crippen molar-refractivity contribution in [1.29, 1.82) is 0 Å². The van der Waals surface area contributed by atoms with E-state index < -0.39 is 5.60 Å². The van der Waals surface area contributed by atoms with Crippen molar-refractivity contribution in [2.75, 3.05) is 19.8 Å². The Morgan fingerprint density at radius 2 is 1.78 bits per heavy atom. The standard InChI is InChI=1S/C21H29NO5/c1-5-26-18-9-7-6-8-17(18)19(23)14-10-15-12-25-13-16(11-14)22(15)20(24)27-21(2,3)4/h6-9,14-16H,5,10-13H2,1-4H3. The molecule has 1 aromatic carbocycles. The zero-order valence-corrected chi connectivity index (χ0v) is 16.6. The van der Waals surface area contributed by atoms with Crippen LogP contribution in [0.2, 0.25) is 0 Å². The Labute approximate surface area is 160 Å². The number of hydrogen-bond donors (Lipinski definition) is 0. The number of hydrogen-bond acceptors (Lipinski definition) is 5. The zero-order valence-electron chi connectivity index (χ0n) is 16.6. The average Bonchev–Trinajstić information content (AvgIpc) is 2.59. The summed E-state index contributed by atoms with van der Waals surface area (Å²) in [6.45, 7) is 8.87. The van der Waals surface area contributed by atoms with Crippen LogP contribution in [0.5, 0.6) is 5.75 Å². The lowest BCUT2D eigenvalue weighted by molar-refractivity contribution is -0.0861. The highest BCUT2D eigenvalue weighted by molar-refractivity contribution is 6.00. The number of para-hydroxylation sites is 1. The highest BCUT2D eigenvalue weighted by atomic mass is 16.6. The monoisotopic (exact) mass is 375 g/mol. The second-order valence-electron chi connectivity index (χ2n) is 8.19. The van der Waals surface area contributed by atoms with Crippen LogP contribution >= 0.6 is 0 Å². The SMILES string of the molecule is CCOc1ccccc1C(=O)C1CC2COCC(C1)N2C(=O)OC(C)(C)C. The van der Waals surface area contributed by atoms with E-state index in [0.717, 1.165) is 0 Å². The first-order chi connectivity index (χ1) is 12.8. The molecule has 2 saturated heterocycles. The van der Waals surface area contributed by atoms with Crippen molar-refractivity contribution >= 4 is 11.9 Å². The van der Waals surface area contributed by atoms with E-state index in [4.69, 9.17) is 14.2 Å². The van der Waals surface area contributed by atoms with Crippen molar-refractivity contribution in [3.63, 3.8) is 0 Å². The normalized spacial score (nSPS) is 25.0. The van der Waals surface area contributed by atoms with Gasteiger partial charge in [0.1, 0.15) is 11.4 Å². The van der Waals surface area contributed by atoms with Crippen LogP contribution in [0.15, 0.2) is 24.3 Å². The van der Waals surface area contributed by atoms with E-state index in [1.807, 2.05) is 52.0 Å². The van der Waals surface area contributed by atoms with Crippen molar-refractivity contribution in [3.05, 3.63) is 29.8 Å². The molecule has 2 unspecified atom stereocenters. The van der Waals surface area contributed by atoms with Crippen molar-refractivity contribution in [2.24, 2.45) is 5.92 Å². The van der Waals surface area contributed by atoms with Gasteiger partial charge >= 0.3 is 6.09 Å². The van der Waals surface area contributed by atoms with Gasteiger partial charge in [0.2, 0.25) is 0 Å². The van der Waals surface area contributed by atoms with Crippen molar-refractivity contribution < 1.29 is 23.8 Å². The third kappa shape index (κ3) is 4.43. The molecule has 2 atom stereocenters. The van der Waals surface area contributed by atoms with Gasteiger partial charge in [-0.25, -0.2) is 4.79 Å². The molecule has 6 nitrogen and oxygen atoms in total. The Bertz CT molecular complexity index is 682. The van der Waals surface area contributed by atoms with Gasteiger partial charge in [0.05, 0.1) is 37.5 Å². The molecule has 2 bridgehead atoms. The molecule has 0 aliphatic carbocycles. The lowest BCUT2D eigenvalue weighted by Gasteiger charge is -2.47. The smallest absolute Gasteiger partial charge is 0.410 e. The first-order valence-corrected chi connectivity index (χ1v) is 9.65. The summed E-state index contributed by atoms with van der Waals surface area (Å²) in [5.74, 6) is 0.560. The average molecular weight is 375 g/mol. The number of fused-ring (bicyclic) bond motifs is 2. The summed E-state index contributed by atoms with van der Waals surface area (Å²) in [5.41, 5.74) is 0.0732. The van der Waals surface area contributed by atoms with Gasteiger partial charge in [-0.1, -0.05) is 12.1 Å².